The summed E-state index contributed by atoms with van der Waals surface area (Å²) in [6.07, 6.45) is 5.55. The molecule has 2 aromatic rings. The molecule has 2 amide bonds. The maximum atomic E-state index is 13.1. The fraction of sp³-hybridized carbons (Fsp3) is 0.591. The summed E-state index contributed by atoms with van der Waals surface area (Å²) in [5.41, 5.74) is 2.72. The fourth-order valence-corrected chi connectivity index (χ4v) is 4.33. The Labute approximate surface area is 182 Å². The molecule has 1 spiro atoms. The van der Waals surface area contributed by atoms with Crippen LogP contribution in [0.25, 0.3) is 0 Å². The lowest BCUT2D eigenvalue weighted by Gasteiger charge is -2.44. The van der Waals surface area contributed by atoms with Gasteiger partial charge in [0.05, 0.1) is 37.5 Å². The van der Waals surface area contributed by atoms with E-state index < -0.39 is 5.60 Å². The van der Waals surface area contributed by atoms with E-state index in [-0.39, 0.29) is 11.8 Å². The number of carbonyl (C=O) groups is 2. The van der Waals surface area contributed by atoms with Crippen molar-refractivity contribution in [1.29, 1.82) is 0 Å². The Kier molecular flexibility index (Phi) is 6.04. The molecule has 0 bridgehead atoms. The Balaban J connectivity index is 1.43. The number of likely N-dealkylation sites (tertiary alicyclic amines) is 1. The van der Waals surface area contributed by atoms with Crippen molar-refractivity contribution in [2.75, 3.05) is 13.1 Å². The number of ether oxygens (including phenoxy) is 1. The number of hydrogen-bond acceptors (Lipinski definition) is 6. The molecule has 1 unspecified atom stereocenters. The summed E-state index contributed by atoms with van der Waals surface area (Å²) in [5, 5.41) is 11.5. The summed E-state index contributed by atoms with van der Waals surface area (Å²) < 4.78 is 8.20. The molecule has 1 saturated heterocycles. The van der Waals surface area contributed by atoms with Crippen molar-refractivity contribution < 1.29 is 14.3 Å². The van der Waals surface area contributed by atoms with E-state index in [1.807, 2.05) is 36.4 Å². The molecule has 0 aromatic carbocycles. The number of hydrogen-bond donors (Lipinski definition) is 1. The number of carbonyl (C=O) groups excluding carboxylic acids is 2. The average Bonchev–Trinajstić information content (AvgIpc) is 3.13. The number of pyridine rings is 1. The van der Waals surface area contributed by atoms with Crippen molar-refractivity contribution in [2.45, 2.75) is 65.3 Å². The van der Waals surface area contributed by atoms with Crippen LogP contribution < -0.4 is 5.32 Å². The molecule has 0 radical (unpaired) electrons. The van der Waals surface area contributed by atoms with Gasteiger partial charge in [-0.3, -0.25) is 14.6 Å². The van der Waals surface area contributed by atoms with Crippen molar-refractivity contribution in [3.63, 3.8) is 0 Å². The second-order valence-electron chi connectivity index (χ2n) is 9.01. The highest BCUT2D eigenvalue weighted by Gasteiger charge is 2.42. The van der Waals surface area contributed by atoms with E-state index in [1.165, 1.54) is 0 Å². The minimum atomic E-state index is -0.469. The smallest absolute Gasteiger partial charge is 0.255 e. The lowest BCUT2D eigenvalue weighted by atomic mass is 9.90. The number of aryl methyl sites for hydroxylation is 1. The lowest BCUT2D eigenvalue weighted by molar-refractivity contribution is -0.123. The van der Waals surface area contributed by atoms with E-state index in [9.17, 15) is 9.59 Å². The van der Waals surface area contributed by atoms with Gasteiger partial charge in [0.25, 0.3) is 5.91 Å². The zero-order valence-electron chi connectivity index (χ0n) is 18.4. The van der Waals surface area contributed by atoms with Gasteiger partial charge in [0, 0.05) is 25.4 Å². The van der Waals surface area contributed by atoms with E-state index in [0.717, 1.165) is 29.8 Å². The number of rotatable bonds is 5. The molecule has 166 valence electrons. The van der Waals surface area contributed by atoms with Crippen molar-refractivity contribution in [3.8, 4) is 0 Å². The van der Waals surface area contributed by atoms with E-state index in [4.69, 9.17) is 4.74 Å². The zero-order valence-corrected chi connectivity index (χ0v) is 18.4. The number of nitrogens with one attached hydrogen (secondary N) is 1. The first-order valence-electron chi connectivity index (χ1n) is 10.9. The first-order valence-corrected chi connectivity index (χ1v) is 10.9. The molecule has 9 nitrogen and oxygen atoms in total. The van der Waals surface area contributed by atoms with Crippen LogP contribution in [0.1, 0.15) is 60.4 Å². The third-order valence-electron chi connectivity index (χ3n) is 6.01. The fourth-order valence-electron chi connectivity index (χ4n) is 4.33. The van der Waals surface area contributed by atoms with Gasteiger partial charge in [0.15, 0.2) is 0 Å². The summed E-state index contributed by atoms with van der Waals surface area (Å²) >= 11 is 0. The van der Waals surface area contributed by atoms with Crippen LogP contribution in [0.2, 0.25) is 0 Å². The number of amides is 2. The minimum Gasteiger partial charge on any atom is -0.365 e. The predicted octanol–water partition coefficient (Wildman–Crippen LogP) is 1.85. The summed E-state index contributed by atoms with van der Waals surface area (Å²) in [6, 6.07) is 1.85. The first-order chi connectivity index (χ1) is 14.9. The highest BCUT2D eigenvalue weighted by atomic mass is 16.5. The van der Waals surface area contributed by atoms with Crippen LogP contribution in [0.5, 0.6) is 0 Å². The maximum absolute atomic E-state index is 13.1. The van der Waals surface area contributed by atoms with Gasteiger partial charge in [0.2, 0.25) is 5.91 Å². The second-order valence-corrected chi connectivity index (χ2v) is 9.01. The SMILES string of the molecule is Cc1ccncc1C(=O)N1CCCC2(C1)Cn1nnc(CNC(=O)CC(C)C)c1CO2. The molecule has 1 N–H and O–H groups in total. The molecule has 2 aliphatic heterocycles. The molecule has 4 heterocycles. The standard InChI is InChI=1S/C22H30N6O3/c1-15(2)9-20(29)24-11-18-19-12-31-22(14-28(19)26-25-18)6-4-8-27(13-22)21(30)17-10-23-7-5-16(17)3/h5,7,10,15H,4,6,8-9,11-14H2,1-3H3,(H,24,29). The normalized spacial score (nSPS) is 20.7. The molecule has 2 aromatic heterocycles. The Hall–Kier alpha value is -2.81. The van der Waals surface area contributed by atoms with Crippen LogP contribution in [0.3, 0.4) is 0 Å². The molecule has 1 atom stereocenters. The Morgan fingerprint density at radius 1 is 1.32 bits per heavy atom. The molecule has 1 fully saturated rings. The maximum Gasteiger partial charge on any atom is 0.255 e. The first kappa shape index (κ1) is 21.4. The minimum absolute atomic E-state index is 0.00813. The lowest BCUT2D eigenvalue weighted by Crippen LogP contribution is -2.55. The number of nitrogens with zero attached hydrogens (tertiary/aromatic N) is 5. The van der Waals surface area contributed by atoms with Crippen LogP contribution in [0.4, 0.5) is 0 Å². The molecular weight excluding hydrogens is 396 g/mol. The quantitative estimate of drug-likeness (QED) is 0.783. The largest absolute Gasteiger partial charge is 0.365 e. The van der Waals surface area contributed by atoms with Crippen LogP contribution in [-0.4, -0.2) is 55.4 Å². The van der Waals surface area contributed by atoms with Gasteiger partial charge in [-0.05, 0) is 37.3 Å². The molecule has 4 rings (SSSR count). The van der Waals surface area contributed by atoms with E-state index in [2.05, 4.69) is 20.6 Å². The monoisotopic (exact) mass is 426 g/mol. The van der Waals surface area contributed by atoms with Crippen LogP contribution in [0, 0.1) is 12.8 Å². The van der Waals surface area contributed by atoms with Gasteiger partial charge in [-0.15, -0.1) is 5.10 Å². The number of aromatic nitrogens is 4. The van der Waals surface area contributed by atoms with Gasteiger partial charge in [-0.2, -0.15) is 0 Å². The molecule has 31 heavy (non-hydrogen) atoms. The molecule has 2 aliphatic rings. The second kappa shape index (κ2) is 8.74. The van der Waals surface area contributed by atoms with Crippen LogP contribution in [-0.2, 0) is 29.2 Å². The van der Waals surface area contributed by atoms with E-state index >= 15 is 0 Å². The third-order valence-corrected chi connectivity index (χ3v) is 6.01. The number of fused-ring (bicyclic) bond motifs is 1. The van der Waals surface area contributed by atoms with Crippen LogP contribution in [0.15, 0.2) is 18.5 Å². The predicted molar refractivity (Wildman–Crippen MR) is 113 cm³/mol. The van der Waals surface area contributed by atoms with Crippen LogP contribution >= 0.6 is 0 Å². The van der Waals surface area contributed by atoms with Gasteiger partial charge in [-0.25, -0.2) is 4.68 Å². The number of piperidine rings is 1. The zero-order chi connectivity index (χ0) is 22.0. The Bertz CT molecular complexity index is 972. The third kappa shape index (κ3) is 4.61. The van der Waals surface area contributed by atoms with Gasteiger partial charge < -0.3 is 15.0 Å². The van der Waals surface area contributed by atoms with Crippen molar-refractivity contribution >= 4 is 11.8 Å². The van der Waals surface area contributed by atoms with Gasteiger partial charge >= 0.3 is 0 Å². The average molecular weight is 427 g/mol. The Morgan fingerprint density at radius 3 is 2.94 bits per heavy atom. The highest BCUT2D eigenvalue weighted by molar-refractivity contribution is 5.95. The molecule has 9 heteroatoms. The topological polar surface area (TPSA) is 102 Å². The molecular formula is C22H30N6O3. The highest BCUT2D eigenvalue weighted by Crippen LogP contribution is 2.33. The van der Waals surface area contributed by atoms with E-state index in [0.29, 0.717) is 50.7 Å². The van der Waals surface area contributed by atoms with Crippen molar-refractivity contribution in [3.05, 3.63) is 41.0 Å². The summed E-state index contributed by atoms with van der Waals surface area (Å²) in [4.78, 5) is 31.0. The van der Waals surface area contributed by atoms with Gasteiger partial charge in [0.1, 0.15) is 11.3 Å². The molecule has 0 aliphatic carbocycles. The summed E-state index contributed by atoms with van der Waals surface area (Å²) in [7, 11) is 0. The van der Waals surface area contributed by atoms with Crippen molar-refractivity contribution in [1.82, 2.24) is 30.2 Å². The van der Waals surface area contributed by atoms with Gasteiger partial charge in [-0.1, -0.05) is 19.1 Å². The Morgan fingerprint density at radius 2 is 2.16 bits per heavy atom. The summed E-state index contributed by atoms with van der Waals surface area (Å²) in [6.45, 7) is 8.44. The van der Waals surface area contributed by atoms with Crippen molar-refractivity contribution in [2.24, 2.45) is 5.92 Å². The summed E-state index contributed by atoms with van der Waals surface area (Å²) in [5.74, 6) is 0.313. The van der Waals surface area contributed by atoms with E-state index in [1.54, 1.807) is 12.4 Å². The molecule has 0 saturated carbocycles.